The molecular weight excluding hydrogens is 480 g/mol. The number of nitrogens with one attached hydrogen (secondary N) is 2. The average molecular weight is 511 g/mol. The van der Waals surface area contributed by atoms with Crippen molar-refractivity contribution in [2.45, 2.75) is 39.4 Å². The van der Waals surface area contributed by atoms with Gasteiger partial charge in [-0.05, 0) is 66.4 Å². The maximum atomic E-state index is 5.64. The van der Waals surface area contributed by atoms with Crippen LogP contribution in [0.4, 0.5) is 17.6 Å². The van der Waals surface area contributed by atoms with Crippen molar-refractivity contribution in [2.75, 3.05) is 28.2 Å². The molecule has 6 rings (SSSR count). The van der Waals surface area contributed by atoms with Crippen molar-refractivity contribution in [1.82, 2.24) is 15.3 Å². The summed E-state index contributed by atoms with van der Waals surface area (Å²) in [5.74, 6) is 4.02. The third-order valence-corrected chi connectivity index (χ3v) is 7.30. The van der Waals surface area contributed by atoms with E-state index in [0.29, 0.717) is 17.6 Å². The van der Waals surface area contributed by atoms with E-state index in [1.807, 2.05) is 19.1 Å². The van der Waals surface area contributed by atoms with Crippen LogP contribution < -0.4 is 20.4 Å². The van der Waals surface area contributed by atoms with Gasteiger partial charge in [0.2, 0.25) is 5.95 Å². The second-order valence-electron chi connectivity index (χ2n) is 9.61. The lowest BCUT2D eigenvalue weighted by Gasteiger charge is -2.33. The van der Waals surface area contributed by atoms with E-state index in [1.165, 1.54) is 22.3 Å². The number of aryl methyl sites for hydroxylation is 1. The number of aromatic nitrogens is 2. The summed E-state index contributed by atoms with van der Waals surface area (Å²) in [7, 11) is 0. The highest BCUT2D eigenvalue weighted by Crippen LogP contribution is 2.29. The van der Waals surface area contributed by atoms with Crippen LogP contribution in [0.5, 0.6) is 0 Å². The smallest absolute Gasteiger partial charge is 0.232 e. The molecule has 2 N–H and O–H groups in total. The van der Waals surface area contributed by atoms with Crippen LogP contribution in [0.2, 0.25) is 0 Å². The van der Waals surface area contributed by atoms with Crippen LogP contribution in [0.25, 0.3) is 0 Å². The Labute approximate surface area is 222 Å². The lowest BCUT2D eigenvalue weighted by molar-refractivity contribution is 0.478. The number of hydrogen-bond acceptors (Lipinski definition) is 6. The summed E-state index contributed by atoms with van der Waals surface area (Å²) < 4.78 is 5.64. The van der Waals surface area contributed by atoms with Gasteiger partial charge in [0.1, 0.15) is 23.2 Å². The molecule has 0 saturated carbocycles. The first-order valence-electron chi connectivity index (χ1n) is 12.7. The van der Waals surface area contributed by atoms with E-state index in [2.05, 4.69) is 75.0 Å². The largest absolute Gasteiger partial charge is 0.465 e. The molecule has 8 heteroatoms. The molecule has 0 unspecified atom stereocenters. The highest BCUT2D eigenvalue weighted by molar-refractivity contribution is 7.80. The second kappa shape index (κ2) is 10.2. The molecule has 0 amide bonds. The lowest BCUT2D eigenvalue weighted by atomic mass is 9.99. The van der Waals surface area contributed by atoms with Crippen LogP contribution in [0.3, 0.4) is 0 Å². The van der Waals surface area contributed by atoms with Gasteiger partial charge in [0.05, 0.1) is 6.54 Å². The number of fused-ring (bicyclic) bond motifs is 2. The summed E-state index contributed by atoms with van der Waals surface area (Å²) >= 11 is 5.57. The standard InChI is InChI=1S/C29H30N6OS/c1-20-10-11-25(36-20)17-30-29(37)33-28-31-26(34-14-12-21-6-2-4-8-23(21)18-34)16-27(32-28)35-15-13-22-7-3-5-9-24(22)19-35/h2-11,16H,12-15,17-19H2,1H3,(H2,30,31,32,33,37). The van der Waals surface area contributed by atoms with Gasteiger partial charge in [0, 0.05) is 32.2 Å². The molecule has 0 radical (unpaired) electrons. The minimum absolute atomic E-state index is 0.463. The number of thiocarbonyl (C=S) groups is 1. The molecule has 7 nitrogen and oxygen atoms in total. The molecule has 2 aromatic heterocycles. The van der Waals surface area contributed by atoms with E-state index in [1.54, 1.807) is 0 Å². The first-order chi connectivity index (χ1) is 18.1. The molecule has 0 bridgehead atoms. The summed E-state index contributed by atoms with van der Waals surface area (Å²) in [6, 6.07) is 23.3. The lowest BCUT2D eigenvalue weighted by Crippen LogP contribution is -2.34. The maximum absolute atomic E-state index is 5.64. The van der Waals surface area contributed by atoms with Crippen molar-refractivity contribution in [3.8, 4) is 0 Å². The van der Waals surface area contributed by atoms with Gasteiger partial charge in [-0.3, -0.25) is 0 Å². The molecule has 2 aliphatic heterocycles. The van der Waals surface area contributed by atoms with Crippen molar-refractivity contribution >= 4 is 34.9 Å². The summed E-state index contributed by atoms with van der Waals surface area (Å²) in [6.07, 6.45) is 2.00. The molecule has 0 aliphatic carbocycles. The molecular formula is C29H30N6OS. The summed E-state index contributed by atoms with van der Waals surface area (Å²) in [5, 5.41) is 6.89. The summed E-state index contributed by atoms with van der Waals surface area (Å²) in [4.78, 5) is 14.5. The zero-order valence-electron chi connectivity index (χ0n) is 20.9. The van der Waals surface area contributed by atoms with Gasteiger partial charge in [-0.15, -0.1) is 0 Å². The number of anilines is 3. The first-order valence-corrected chi connectivity index (χ1v) is 13.1. The van der Waals surface area contributed by atoms with Gasteiger partial charge in [-0.1, -0.05) is 48.5 Å². The minimum atomic E-state index is 0.463. The Morgan fingerprint density at radius 1 is 0.838 bits per heavy atom. The quantitative estimate of drug-likeness (QED) is 0.364. The summed E-state index contributed by atoms with van der Waals surface area (Å²) in [6.45, 7) is 5.91. The van der Waals surface area contributed by atoms with Crippen LogP contribution in [0, 0.1) is 6.92 Å². The van der Waals surface area contributed by atoms with Gasteiger partial charge in [0.25, 0.3) is 0 Å². The topological polar surface area (TPSA) is 69.5 Å². The fourth-order valence-electron chi connectivity index (χ4n) is 5.08. The Bertz CT molecular complexity index is 1360. The Balaban J connectivity index is 1.26. The van der Waals surface area contributed by atoms with E-state index in [0.717, 1.165) is 62.2 Å². The predicted molar refractivity (Wildman–Crippen MR) is 151 cm³/mol. The molecule has 0 atom stereocenters. The molecule has 37 heavy (non-hydrogen) atoms. The molecule has 4 heterocycles. The average Bonchev–Trinajstić information content (AvgIpc) is 3.36. The van der Waals surface area contributed by atoms with Crippen LogP contribution in [0.15, 0.2) is 71.1 Å². The van der Waals surface area contributed by atoms with Gasteiger partial charge >= 0.3 is 0 Å². The molecule has 4 aromatic rings. The number of furan rings is 1. The van der Waals surface area contributed by atoms with E-state index in [4.69, 9.17) is 26.6 Å². The second-order valence-corrected chi connectivity index (χ2v) is 10.0. The Morgan fingerprint density at radius 3 is 1.95 bits per heavy atom. The Morgan fingerprint density at radius 2 is 1.41 bits per heavy atom. The normalized spacial score (nSPS) is 14.6. The van der Waals surface area contributed by atoms with Crippen molar-refractivity contribution in [3.05, 3.63) is 101 Å². The van der Waals surface area contributed by atoms with Crippen LogP contribution >= 0.6 is 12.2 Å². The molecule has 2 aromatic carbocycles. The van der Waals surface area contributed by atoms with Gasteiger partial charge in [0.15, 0.2) is 5.11 Å². The molecule has 2 aliphatic rings. The van der Waals surface area contributed by atoms with Crippen LogP contribution in [0.1, 0.15) is 33.8 Å². The molecule has 0 fully saturated rings. The minimum Gasteiger partial charge on any atom is -0.465 e. The number of benzene rings is 2. The van der Waals surface area contributed by atoms with Crippen LogP contribution in [-0.2, 0) is 32.5 Å². The molecule has 188 valence electrons. The van der Waals surface area contributed by atoms with E-state index in [9.17, 15) is 0 Å². The third-order valence-electron chi connectivity index (χ3n) is 7.05. The first kappa shape index (κ1) is 23.5. The van der Waals surface area contributed by atoms with Gasteiger partial charge in [-0.2, -0.15) is 9.97 Å². The number of nitrogens with zero attached hydrogens (tertiary/aromatic N) is 4. The SMILES string of the molecule is Cc1ccc(CNC(=S)Nc2nc(N3CCc4ccccc4C3)cc(N3CCc4ccccc4C3)n2)o1. The number of rotatable bonds is 5. The molecule has 0 spiro atoms. The third kappa shape index (κ3) is 5.29. The van der Waals surface area contributed by atoms with E-state index in [-0.39, 0.29) is 0 Å². The monoisotopic (exact) mass is 510 g/mol. The van der Waals surface area contributed by atoms with Crippen molar-refractivity contribution in [2.24, 2.45) is 0 Å². The van der Waals surface area contributed by atoms with E-state index < -0.39 is 0 Å². The summed E-state index contributed by atoms with van der Waals surface area (Å²) in [5.41, 5.74) is 5.53. The highest BCUT2D eigenvalue weighted by Gasteiger charge is 2.22. The van der Waals surface area contributed by atoms with Gasteiger partial charge in [-0.25, -0.2) is 0 Å². The Hall–Kier alpha value is -3.91. The van der Waals surface area contributed by atoms with Gasteiger partial charge < -0.3 is 24.9 Å². The van der Waals surface area contributed by atoms with Crippen molar-refractivity contribution < 1.29 is 4.42 Å². The Kier molecular flexibility index (Phi) is 6.49. The maximum Gasteiger partial charge on any atom is 0.232 e. The fourth-order valence-corrected chi connectivity index (χ4v) is 5.24. The zero-order valence-corrected chi connectivity index (χ0v) is 21.7. The fraction of sp³-hybridized carbons (Fsp3) is 0.276. The van der Waals surface area contributed by atoms with Crippen molar-refractivity contribution in [3.63, 3.8) is 0 Å². The van der Waals surface area contributed by atoms with Crippen molar-refractivity contribution in [1.29, 1.82) is 0 Å². The zero-order chi connectivity index (χ0) is 25.2. The van der Waals surface area contributed by atoms with Crippen LogP contribution in [-0.4, -0.2) is 28.2 Å². The van der Waals surface area contributed by atoms with E-state index >= 15 is 0 Å². The number of hydrogen-bond donors (Lipinski definition) is 2. The molecule has 0 saturated heterocycles. The highest BCUT2D eigenvalue weighted by atomic mass is 32.1. The predicted octanol–water partition coefficient (Wildman–Crippen LogP) is 4.99.